The summed E-state index contributed by atoms with van der Waals surface area (Å²) in [5.74, 6) is -0.793. The van der Waals surface area contributed by atoms with Crippen molar-refractivity contribution in [2.75, 3.05) is 27.8 Å². The molecule has 0 aliphatic heterocycles. The second-order valence-electron chi connectivity index (χ2n) is 4.95. The van der Waals surface area contributed by atoms with Crippen LogP contribution in [0, 0.1) is 12.8 Å². The number of aryl methyl sites for hydroxylation is 1. The zero-order chi connectivity index (χ0) is 16.2. The summed E-state index contributed by atoms with van der Waals surface area (Å²) in [5.41, 5.74) is 1.21. The molecule has 1 N–H and O–H groups in total. The van der Waals surface area contributed by atoms with E-state index in [1.54, 1.807) is 33.0 Å². The van der Waals surface area contributed by atoms with E-state index in [-0.39, 0.29) is 12.5 Å². The highest BCUT2D eigenvalue weighted by atomic mass is 16.5. The third-order valence-electron chi connectivity index (χ3n) is 3.28. The van der Waals surface area contributed by atoms with Gasteiger partial charge in [0.05, 0.1) is 20.1 Å². The number of aliphatic carboxylic acids is 1. The Labute approximate surface area is 124 Å². The number of methoxy groups -OCH3 is 2. The number of nitrogens with zero attached hydrogens (tertiary/aromatic N) is 1. The molecule has 1 aromatic rings. The van der Waals surface area contributed by atoms with Crippen LogP contribution in [0.2, 0.25) is 0 Å². The maximum absolute atomic E-state index is 12.4. The lowest BCUT2D eigenvalue weighted by atomic mass is 10.1. The monoisotopic (exact) mass is 295 g/mol. The number of ether oxygens (including phenoxy) is 2. The molecule has 116 valence electrons. The van der Waals surface area contributed by atoms with Crippen LogP contribution in [-0.4, -0.2) is 49.7 Å². The summed E-state index contributed by atoms with van der Waals surface area (Å²) in [6.45, 7) is 3.50. The number of carbonyl (C=O) groups excluding carboxylic acids is 1. The molecule has 0 aromatic heterocycles. The van der Waals surface area contributed by atoms with Gasteiger partial charge < -0.3 is 19.5 Å². The van der Waals surface area contributed by atoms with Crippen molar-refractivity contribution in [3.8, 4) is 11.5 Å². The molecular formula is C15H21NO5. The molecule has 0 spiro atoms. The molecule has 1 amide bonds. The van der Waals surface area contributed by atoms with Crippen molar-refractivity contribution in [2.45, 2.75) is 13.8 Å². The Morgan fingerprint density at radius 1 is 1.24 bits per heavy atom. The number of carboxylic acid groups (broad SMARTS) is 1. The van der Waals surface area contributed by atoms with E-state index in [1.807, 2.05) is 0 Å². The van der Waals surface area contributed by atoms with E-state index in [1.165, 1.54) is 19.1 Å². The maximum atomic E-state index is 12.4. The molecule has 0 aliphatic carbocycles. The topological polar surface area (TPSA) is 76.1 Å². The summed E-state index contributed by atoms with van der Waals surface area (Å²) in [5, 5.41) is 8.91. The average Bonchev–Trinajstić information content (AvgIpc) is 2.45. The quantitative estimate of drug-likeness (QED) is 0.866. The van der Waals surface area contributed by atoms with E-state index in [0.29, 0.717) is 17.1 Å². The molecule has 0 radical (unpaired) electrons. The van der Waals surface area contributed by atoms with Crippen LogP contribution in [0.1, 0.15) is 22.8 Å². The van der Waals surface area contributed by atoms with Crippen LogP contribution in [0.3, 0.4) is 0 Å². The molecule has 0 saturated heterocycles. The molecule has 1 unspecified atom stereocenters. The Hall–Kier alpha value is -2.24. The van der Waals surface area contributed by atoms with Gasteiger partial charge in [-0.15, -0.1) is 0 Å². The van der Waals surface area contributed by atoms with Gasteiger partial charge in [0, 0.05) is 19.2 Å². The number of hydrogen-bond donors (Lipinski definition) is 1. The first-order valence-electron chi connectivity index (χ1n) is 6.52. The molecule has 21 heavy (non-hydrogen) atoms. The Bertz CT molecular complexity index is 541. The number of carbonyl (C=O) groups is 2. The lowest BCUT2D eigenvalue weighted by molar-refractivity contribution is -0.141. The Morgan fingerprint density at radius 2 is 1.76 bits per heavy atom. The molecule has 6 heteroatoms. The third-order valence-corrected chi connectivity index (χ3v) is 3.28. The van der Waals surface area contributed by atoms with Crippen LogP contribution in [0.5, 0.6) is 11.5 Å². The van der Waals surface area contributed by atoms with Crippen LogP contribution < -0.4 is 9.47 Å². The van der Waals surface area contributed by atoms with Crippen molar-refractivity contribution in [3.05, 3.63) is 23.3 Å². The molecule has 1 rings (SSSR count). The van der Waals surface area contributed by atoms with E-state index in [4.69, 9.17) is 14.6 Å². The van der Waals surface area contributed by atoms with Gasteiger partial charge >= 0.3 is 5.97 Å². The van der Waals surface area contributed by atoms with Gasteiger partial charge in [-0.25, -0.2) is 0 Å². The molecule has 0 saturated carbocycles. The molecule has 6 nitrogen and oxygen atoms in total. The lowest BCUT2D eigenvalue weighted by Gasteiger charge is -2.21. The highest BCUT2D eigenvalue weighted by molar-refractivity contribution is 5.96. The summed E-state index contributed by atoms with van der Waals surface area (Å²) in [7, 11) is 4.61. The lowest BCUT2D eigenvalue weighted by Crippen LogP contribution is -2.34. The molecule has 0 heterocycles. The average molecular weight is 295 g/mol. The first-order chi connectivity index (χ1) is 9.81. The van der Waals surface area contributed by atoms with Crippen molar-refractivity contribution in [1.29, 1.82) is 0 Å². The van der Waals surface area contributed by atoms with Gasteiger partial charge in [0.25, 0.3) is 5.91 Å². The zero-order valence-corrected chi connectivity index (χ0v) is 13.0. The van der Waals surface area contributed by atoms with Gasteiger partial charge in [0.2, 0.25) is 0 Å². The summed E-state index contributed by atoms with van der Waals surface area (Å²) in [4.78, 5) is 24.7. The number of benzene rings is 1. The smallest absolute Gasteiger partial charge is 0.308 e. The van der Waals surface area contributed by atoms with Crippen molar-refractivity contribution in [3.63, 3.8) is 0 Å². The second-order valence-corrected chi connectivity index (χ2v) is 4.95. The summed E-state index contributed by atoms with van der Waals surface area (Å²) in [6, 6.07) is 3.33. The van der Waals surface area contributed by atoms with Crippen molar-refractivity contribution in [2.24, 2.45) is 5.92 Å². The zero-order valence-electron chi connectivity index (χ0n) is 13.0. The minimum absolute atomic E-state index is 0.141. The van der Waals surface area contributed by atoms with Gasteiger partial charge in [0.1, 0.15) is 0 Å². The van der Waals surface area contributed by atoms with E-state index >= 15 is 0 Å². The highest BCUT2D eigenvalue weighted by Gasteiger charge is 2.21. The predicted molar refractivity (Wildman–Crippen MR) is 78.0 cm³/mol. The molecule has 0 bridgehead atoms. The molecule has 1 atom stereocenters. The standard InChI is InChI=1S/C15H21NO5/c1-9-6-12(20-4)13(21-5)7-11(9)14(17)16(3)8-10(2)15(18)19/h6-7,10H,8H2,1-5H3,(H,18,19). The van der Waals surface area contributed by atoms with Crippen LogP contribution >= 0.6 is 0 Å². The minimum Gasteiger partial charge on any atom is -0.493 e. The summed E-state index contributed by atoms with van der Waals surface area (Å²) < 4.78 is 10.4. The Morgan fingerprint density at radius 3 is 2.24 bits per heavy atom. The Kier molecular flexibility index (Phi) is 5.58. The fourth-order valence-corrected chi connectivity index (χ4v) is 1.99. The fourth-order valence-electron chi connectivity index (χ4n) is 1.99. The molecule has 0 aliphatic rings. The summed E-state index contributed by atoms with van der Waals surface area (Å²) >= 11 is 0. The predicted octanol–water partition coefficient (Wildman–Crippen LogP) is 1.80. The SMILES string of the molecule is COc1cc(C)c(C(=O)N(C)CC(C)C(=O)O)cc1OC. The minimum atomic E-state index is -0.932. The first-order valence-corrected chi connectivity index (χ1v) is 6.52. The van der Waals surface area contributed by atoms with E-state index in [0.717, 1.165) is 5.56 Å². The first kappa shape index (κ1) is 16.8. The molecular weight excluding hydrogens is 274 g/mol. The summed E-state index contributed by atoms with van der Waals surface area (Å²) in [6.07, 6.45) is 0. The van der Waals surface area contributed by atoms with E-state index < -0.39 is 11.9 Å². The fraction of sp³-hybridized carbons (Fsp3) is 0.467. The number of hydrogen-bond acceptors (Lipinski definition) is 4. The van der Waals surface area contributed by atoms with Gasteiger partial charge in [-0.3, -0.25) is 9.59 Å². The van der Waals surface area contributed by atoms with Gasteiger partial charge in [-0.1, -0.05) is 6.92 Å². The van der Waals surface area contributed by atoms with Crippen LogP contribution in [0.15, 0.2) is 12.1 Å². The third kappa shape index (κ3) is 3.87. The van der Waals surface area contributed by atoms with Crippen LogP contribution in [0.4, 0.5) is 0 Å². The van der Waals surface area contributed by atoms with Gasteiger partial charge in [-0.2, -0.15) is 0 Å². The van der Waals surface area contributed by atoms with E-state index in [2.05, 4.69) is 0 Å². The van der Waals surface area contributed by atoms with Gasteiger partial charge in [0.15, 0.2) is 11.5 Å². The van der Waals surface area contributed by atoms with Gasteiger partial charge in [-0.05, 0) is 24.6 Å². The van der Waals surface area contributed by atoms with Crippen LogP contribution in [0.25, 0.3) is 0 Å². The molecule has 1 aromatic carbocycles. The largest absolute Gasteiger partial charge is 0.493 e. The van der Waals surface area contributed by atoms with Crippen LogP contribution in [-0.2, 0) is 4.79 Å². The van der Waals surface area contributed by atoms with Crippen molar-refractivity contribution < 1.29 is 24.2 Å². The molecule has 0 fully saturated rings. The maximum Gasteiger partial charge on any atom is 0.308 e. The van der Waals surface area contributed by atoms with Crippen molar-refractivity contribution >= 4 is 11.9 Å². The number of amides is 1. The van der Waals surface area contributed by atoms with E-state index in [9.17, 15) is 9.59 Å². The number of carboxylic acids is 1. The van der Waals surface area contributed by atoms with Crippen molar-refractivity contribution in [1.82, 2.24) is 4.90 Å². The Balaban J connectivity index is 3.04. The number of rotatable bonds is 6. The highest BCUT2D eigenvalue weighted by Crippen LogP contribution is 2.30. The normalized spacial score (nSPS) is 11.7. The second kappa shape index (κ2) is 6.97.